The van der Waals surface area contributed by atoms with Crippen molar-refractivity contribution in [2.24, 2.45) is 0 Å². The fourth-order valence-electron chi connectivity index (χ4n) is 1.90. The molecule has 3 N–H and O–H groups in total. The van der Waals surface area contributed by atoms with Gasteiger partial charge < -0.3 is 5.73 Å². The molecule has 2 aromatic rings. The van der Waals surface area contributed by atoms with Crippen molar-refractivity contribution in [1.29, 1.82) is 0 Å². The van der Waals surface area contributed by atoms with E-state index in [1.54, 1.807) is 18.3 Å². The third kappa shape index (κ3) is 3.58. The van der Waals surface area contributed by atoms with Crippen LogP contribution in [0.15, 0.2) is 23.1 Å². The summed E-state index contributed by atoms with van der Waals surface area (Å²) in [4.78, 5) is 2.30. The Bertz CT molecular complexity index is 740. The predicted octanol–water partition coefficient (Wildman–Crippen LogP) is 3.39. The molecule has 1 aromatic carbocycles. The molecule has 0 bridgehead atoms. The molecule has 1 aromatic heterocycles. The number of benzene rings is 1. The van der Waals surface area contributed by atoms with Crippen LogP contribution in [0.4, 0.5) is 5.69 Å². The molecule has 0 atom stereocenters. The van der Waals surface area contributed by atoms with Gasteiger partial charge in [0.05, 0.1) is 15.6 Å². The lowest BCUT2D eigenvalue weighted by atomic mass is 10.2. The summed E-state index contributed by atoms with van der Waals surface area (Å²) in [5.74, 6) is 0. The molecule has 7 heteroatoms. The largest absolute Gasteiger partial charge is 0.397 e. The van der Waals surface area contributed by atoms with E-state index in [0.29, 0.717) is 10.6 Å². The van der Waals surface area contributed by atoms with Gasteiger partial charge in [0, 0.05) is 16.3 Å². The molecule has 0 aliphatic carbocycles. The molecule has 0 fully saturated rings. The van der Waals surface area contributed by atoms with Crippen LogP contribution in [0, 0.1) is 20.8 Å². The van der Waals surface area contributed by atoms with E-state index >= 15 is 0 Å². The van der Waals surface area contributed by atoms with Crippen LogP contribution < -0.4 is 10.5 Å². The minimum Gasteiger partial charge on any atom is -0.397 e. The van der Waals surface area contributed by atoms with Gasteiger partial charge in [0.2, 0.25) is 10.0 Å². The Morgan fingerprint density at radius 1 is 1.19 bits per heavy atom. The van der Waals surface area contributed by atoms with Crippen LogP contribution in [0.1, 0.15) is 20.9 Å². The highest BCUT2D eigenvalue weighted by atomic mass is 35.5. The first-order valence-electron chi connectivity index (χ1n) is 6.32. The second-order valence-corrected chi connectivity index (χ2v) is 8.41. The van der Waals surface area contributed by atoms with Crippen LogP contribution in [0.3, 0.4) is 0 Å². The Labute approximate surface area is 134 Å². The summed E-state index contributed by atoms with van der Waals surface area (Å²) in [5.41, 5.74) is 7.80. The van der Waals surface area contributed by atoms with E-state index in [0.717, 1.165) is 4.88 Å². The monoisotopic (exact) mass is 344 g/mol. The van der Waals surface area contributed by atoms with Gasteiger partial charge in [0.25, 0.3) is 0 Å². The first-order valence-corrected chi connectivity index (χ1v) is 8.99. The first kappa shape index (κ1) is 16.3. The zero-order valence-corrected chi connectivity index (χ0v) is 14.4. The predicted molar refractivity (Wildman–Crippen MR) is 88.4 cm³/mol. The summed E-state index contributed by atoms with van der Waals surface area (Å²) in [7, 11) is -3.61. The quantitative estimate of drug-likeness (QED) is 0.835. The van der Waals surface area contributed by atoms with Crippen LogP contribution in [-0.4, -0.2) is 8.42 Å². The molecule has 0 saturated carbocycles. The van der Waals surface area contributed by atoms with Crippen molar-refractivity contribution in [3.63, 3.8) is 0 Å². The number of nitrogen functional groups attached to an aromatic ring is 1. The number of thiophene rings is 1. The van der Waals surface area contributed by atoms with E-state index in [-0.39, 0.29) is 17.1 Å². The highest BCUT2D eigenvalue weighted by Gasteiger charge is 2.17. The molecule has 0 aliphatic rings. The van der Waals surface area contributed by atoms with Crippen molar-refractivity contribution in [1.82, 2.24) is 4.72 Å². The van der Waals surface area contributed by atoms with Crippen LogP contribution in [0.2, 0.25) is 5.02 Å². The molecule has 0 spiro atoms. The lowest BCUT2D eigenvalue weighted by Gasteiger charge is -2.09. The third-order valence-electron chi connectivity index (χ3n) is 3.22. The molecule has 0 saturated heterocycles. The minimum atomic E-state index is -3.61. The standard InChI is InChI=1S/C14H17ClN2O2S2/c1-8-4-11(20-10(8)3)7-17-21(18,19)12-5-9(2)14(15)13(16)6-12/h4-6,17H,7,16H2,1-3H3. The lowest BCUT2D eigenvalue weighted by molar-refractivity contribution is 0.581. The highest BCUT2D eigenvalue weighted by molar-refractivity contribution is 7.89. The zero-order valence-electron chi connectivity index (χ0n) is 12.0. The van der Waals surface area contributed by atoms with Crippen LogP contribution >= 0.6 is 22.9 Å². The smallest absolute Gasteiger partial charge is 0.240 e. The number of nitrogens with two attached hydrogens (primary N) is 1. The molecule has 2 rings (SSSR count). The Hall–Kier alpha value is -1.08. The lowest BCUT2D eigenvalue weighted by Crippen LogP contribution is -2.23. The summed E-state index contributed by atoms with van der Waals surface area (Å²) in [5, 5.41) is 0.387. The normalized spacial score (nSPS) is 11.8. The average molecular weight is 345 g/mol. The van der Waals surface area contributed by atoms with E-state index in [1.807, 2.05) is 19.9 Å². The van der Waals surface area contributed by atoms with Gasteiger partial charge in [-0.2, -0.15) is 0 Å². The average Bonchev–Trinajstić information content (AvgIpc) is 2.72. The number of sulfonamides is 1. The number of hydrogen-bond donors (Lipinski definition) is 2. The fourth-order valence-corrected chi connectivity index (χ4v) is 4.22. The van der Waals surface area contributed by atoms with Gasteiger partial charge in [0.15, 0.2) is 0 Å². The summed E-state index contributed by atoms with van der Waals surface area (Å²) >= 11 is 7.54. The molecule has 1 heterocycles. The number of nitrogens with one attached hydrogen (secondary N) is 1. The molecule has 0 radical (unpaired) electrons. The van der Waals surface area contributed by atoms with E-state index in [1.165, 1.54) is 22.6 Å². The Morgan fingerprint density at radius 3 is 2.38 bits per heavy atom. The highest BCUT2D eigenvalue weighted by Crippen LogP contribution is 2.27. The summed E-state index contributed by atoms with van der Waals surface area (Å²) in [6, 6.07) is 4.89. The molecule has 114 valence electrons. The van der Waals surface area contributed by atoms with Gasteiger partial charge in [0.1, 0.15) is 0 Å². The first-order chi connectivity index (χ1) is 9.70. The van der Waals surface area contributed by atoms with E-state index in [4.69, 9.17) is 17.3 Å². The summed E-state index contributed by atoms with van der Waals surface area (Å²) in [6.07, 6.45) is 0. The molecular weight excluding hydrogens is 328 g/mol. The van der Waals surface area contributed by atoms with Crippen LogP contribution in [-0.2, 0) is 16.6 Å². The number of halogens is 1. The number of anilines is 1. The third-order valence-corrected chi connectivity index (χ3v) is 6.27. The maximum Gasteiger partial charge on any atom is 0.240 e. The van der Waals surface area contributed by atoms with Gasteiger partial charge in [-0.3, -0.25) is 0 Å². The molecule has 0 amide bonds. The molecular formula is C14H17ClN2O2S2. The van der Waals surface area contributed by atoms with Crippen molar-refractivity contribution in [2.45, 2.75) is 32.2 Å². The van der Waals surface area contributed by atoms with E-state index < -0.39 is 10.0 Å². The second kappa shape index (κ2) is 5.96. The minimum absolute atomic E-state index is 0.131. The number of aryl methyl sites for hydroxylation is 3. The molecule has 21 heavy (non-hydrogen) atoms. The number of hydrogen-bond acceptors (Lipinski definition) is 4. The second-order valence-electron chi connectivity index (χ2n) is 4.92. The van der Waals surface area contributed by atoms with Gasteiger partial charge >= 0.3 is 0 Å². The van der Waals surface area contributed by atoms with Gasteiger partial charge in [-0.25, -0.2) is 13.1 Å². The fraction of sp³-hybridized carbons (Fsp3) is 0.286. The summed E-state index contributed by atoms with van der Waals surface area (Å²) in [6.45, 7) is 6.02. The van der Waals surface area contributed by atoms with Crippen molar-refractivity contribution in [2.75, 3.05) is 5.73 Å². The zero-order chi connectivity index (χ0) is 15.8. The SMILES string of the molecule is Cc1cc(CNS(=O)(=O)c2cc(C)c(Cl)c(N)c2)sc1C. The van der Waals surface area contributed by atoms with Crippen molar-refractivity contribution < 1.29 is 8.42 Å². The topological polar surface area (TPSA) is 72.2 Å². The van der Waals surface area contributed by atoms with Gasteiger partial charge in [-0.15, -0.1) is 11.3 Å². The van der Waals surface area contributed by atoms with Crippen molar-refractivity contribution in [3.8, 4) is 0 Å². The summed E-state index contributed by atoms with van der Waals surface area (Å²) < 4.78 is 27.2. The van der Waals surface area contributed by atoms with E-state index in [9.17, 15) is 8.42 Å². The van der Waals surface area contributed by atoms with Crippen LogP contribution in [0.25, 0.3) is 0 Å². The van der Waals surface area contributed by atoms with Gasteiger partial charge in [-0.1, -0.05) is 11.6 Å². The van der Waals surface area contributed by atoms with Crippen molar-refractivity contribution in [3.05, 3.63) is 44.1 Å². The van der Waals surface area contributed by atoms with Crippen molar-refractivity contribution >= 4 is 38.6 Å². The molecule has 4 nitrogen and oxygen atoms in total. The number of rotatable bonds is 4. The molecule has 0 unspecified atom stereocenters. The molecule has 0 aliphatic heterocycles. The maximum atomic E-state index is 12.3. The Balaban J connectivity index is 2.22. The van der Waals surface area contributed by atoms with Crippen LogP contribution in [0.5, 0.6) is 0 Å². The maximum absolute atomic E-state index is 12.3. The Kier molecular flexibility index (Phi) is 4.63. The van der Waals surface area contributed by atoms with E-state index in [2.05, 4.69) is 4.72 Å². The van der Waals surface area contributed by atoms with Gasteiger partial charge in [-0.05, 0) is 50.1 Å². The Morgan fingerprint density at radius 2 is 1.86 bits per heavy atom.